The van der Waals surface area contributed by atoms with Crippen LogP contribution in [0.5, 0.6) is 0 Å². The van der Waals surface area contributed by atoms with Gasteiger partial charge in [-0.25, -0.2) is 13.2 Å². The first kappa shape index (κ1) is 96.3. The molecule has 13 N–H and O–H groups in total. The Kier molecular flexibility index (Phi) is 47.9. The number of benzene rings is 2. The summed E-state index contributed by atoms with van der Waals surface area (Å²) in [6.45, 7) is 10.6. The molecule has 3 rings (SSSR count). The summed E-state index contributed by atoms with van der Waals surface area (Å²) < 4.78 is 63.5. The van der Waals surface area contributed by atoms with Crippen LogP contribution < -0.4 is 43.0 Å². The fourth-order valence-electron chi connectivity index (χ4n) is 12.3. The first-order valence-electron chi connectivity index (χ1n) is 37.5. The van der Waals surface area contributed by atoms with Gasteiger partial charge in [0.15, 0.2) is 9.84 Å². The summed E-state index contributed by atoms with van der Waals surface area (Å²) in [5.74, 6) is -15.0. The zero-order valence-electron chi connectivity index (χ0n) is 64.3. The number of hydrogen-bond acceptors (Lipinski definition) is 23. The standard InChI is InChI=1S/C75H118N8O25S2/c1-49(68(88)79-17-23-104-29-27-102-21-15-77-53(5)85)37-63(69(89)80-18-24-105-31-32-107-26-20-82-75(99)108-33-35-110(100,101)36-34-109-48-66(47-84)83-67(87)46-76)44-64(70(90)81-19-25-106-30-28-103-22-16-78-54(6)86)45-65(74(97)98)43-62(40-52(4)73(95)96)60-14-10-56-7-11-57-41-59(13-9-55(57)8-12-58(56)42-60)61(38-50(2)71(91)92)39-51(3)72(93)94/h9-10,13-14,41-42,47,49-52,61-66H,7-8,11-12,15-40,43-46,48,76H2,1-6H3,(H,77,85)(H,78,86)(H,79,88)(H,80,89)(H,81,90)(H,82,99)(H,83,87)(H,91,92)(H,93,94)(H,95,96)(H,97,98). The zero-order chi connectivity index (χ0) is 81.4. The Balaban J connectivity index is 1.85. The molecule has 7 amide bonds. The quantitative estimate of drug-likeness (QED) is 0.0334. The Hall–Kier alpha value is -7.90. The van der Waals surface area contributed by atoms with Crippen LogP contribution in [0, 0.1) is 41.4 Å². The number of aliphatic carboxylic acids is 4. The predicted molar refractivity (Wildman–Crippen MR) is 407 cm³/mol. The van der Waals surface area contributed by atoms with Gasteiger partial charge in [0, 0.05) is 82.4 Å². The highest BCUT2D eigenvalue weighted by Crippen LogP contribution is 2.38. The SMILES string of the molecule is CC(=O)NCCOCCOCCNC(=O)C(C)CC(CC(CC(CC(CC(C)C(=O)O)c1ccc2c(c1)CCc1ccc(C(CC(C)C(=O)O)CC(C)C(=O)O)cc1CC2)C(=O)O)C(=O)NCCOCCOCCNC(C)=O)C(=O)NCCOCCOCCNC(=O)OCCS(=O)(=O)CCSCC(C=O)NC(=O)CN. The van der Waals surface area contributed by atoms with Crippen molar-refractivity contribution in [2.45, 2.75) is 130 Å². The minimum atomic E-state index is -3.62. The maximum absolute atomic E-state index is 14.7. The van der Waals surface area contributed by atoms with E-state index in [0.717, 1.165) is 39.6 Å². The lowest BCUT2D eigenvalue weighted by molar-refractivity contribution is -0.144. The van der Waals surface area contributed by atoms with E-state index in [1.165, 1.54) is 13.8 Å². The Labute approximate surface area is 648 Å². The molecule has 9 atom stereocenters. The molecule has 620 valence electrons. The first-order valence-corrected chi connectivity index (χ1v) is 40.5. The molecule has 0 saturated heterocycles. The number of thioether (sulfide) groups is 1. The molecule has 0 aliphatic heterocycles. The van der Waals surface area contributed by atoms with E-state index in [4.69, 9.17) is 38.9 Å². The highest BCUT2D eigenvalue weighted by Gasteiger charge is 2.36. The number of carboxylic acids is 4. The molecule has 0 saturated carbocycles. The van der Waals surface area contributed by atoms with Crippen molar-refractivity contribution in [1.82, 2.24) is 37.2 Å². The second-order valence-corrected chi connectivity index (χ2v) is 30.9. The van der Waals surface area contributed by atoms with Crippen molar-refractivity contribution in [3.05, 3.63) is 69.8 Å². The number of carbonyl (C=O) groups excluding carboxylic acids is 8. The van der Waals surface area contributed by atoms with E-state index in [1.54, 1.807) is 27.7 Å². The maximum atomic E-state index is 14.7. The van der Waals surface area contributed by atoms with Crippen LogP contribution >= 0.6 is 11.8 Å². The monoisotopic (exact) mass is 1590 g/mol. The minimum absolute atomic E-state index is 0.00136. The van der Waals surface area contributed by atoms with Crippen molar-refractivity contribution in [2.75, 3.05) is 155 Å². The third-order valence-electron chi connectivity index (χ3n) is 18.5. The van der Waals surface area contributed by atoms with Crippen LogP contribution in [-0.4, -0.2) is 261 Å². The van der Waals surface area contributed by atoms with Gasteiger partial charge >= 0.3 is 30.0 Å². The fourth-order valence-corrected chi connectivity index (χ4v) is 14.9. The van der Waals surface area contributed by atoms with Crippen LogP contribution in [0.4, 0.5) is 4.79 Å². The Morgan fingerprint density at radius 1 is 0.455 bits per heavy atom. The van der Waals surface area contributed by atoms with E-state index in [1.807, 2.05) is 30.3 Å². The van der Waals surface area contributed by atoms with Gasteiger partial charge in [-0.2, -0.15) is 11.8 Å². The molecule has 0 bridgehead atoms. The predicted octanol–water partition coefficient (Wildman–Crippen LogP) is 2.44. The number of hydrogen-bond donors (Lipinski definition) is 12. The average molecular weight is 1600 g/mol. The van der Waals surface area contributed by atoms with E-state index >= 15 is 0 Å². The van der Waals surface area contributed by atoms with Gasteiger partial charge in [0.2, 0.25) is 35.4 Å². The van der Waals surface area contributed by atoms with E-state index in [2.05, 4.69) is 43.3 Å². The van der Waals surface area contributed by atoms with Gasteiger partial charge < -0.3 is 101 Å². The van der Waals surface area contributed by atoms with Crippen molar-refractivity contribution in [2.24, 2.45) is 47.2 Å². The number of ether oxygens (including phenoxy) is 7. The average Bonchev–Trinajstić information content (AvgIpc) is 0.805. The van der Waals surface area contributed by atoms with E-state index in [9.17, 15) is 86.4 Å². The van der Waals surface area contributed by atoms with Crippen molar-refractivity contribution in [3.8, 4) is 0 Å². The van der Waals surface area contributed by atoms with E-state index in [0.29, 0.717) is 50.6 Å². The molecule has 0 spiro atoms. The zero-order valence-corrected chi connectivity index (χ0v) is 66.0. The van der Waals surface area contributed by atoms with Gasteiger partial charge in [-0.3, -0.25) is 47.9 Å². The van der Waals surface area contributed by atoms with Crippen molar-refractivity contribution in [3.63, 3.8) is 0 Å². The largest absolute Gasteiger partial charge is 0.481 e. The number of sulfone groups is 1. The number of carboxylic acid groups (broad SMARTS) is 4. The topological polar surface area (TPSA) is 495 Å². The molecule has 33 nitrogen and oxygen atoms in total. The van der Waals surface area contributed by atoms with Crippen LogP contribution in [0.1, 0.15) is 132 Å². The normalized spacial score (nSPS) is 14.8. The van der Waals surface area contributed by atoms with E-state index in [-0.39, 0.29) is 192 Å². The summed E-state index contributed by atoms with van der Waals surface area (Å²) in [6, 6.07) is 11.1. The maximum Gasteiger partial charge on any atom is 0.407 e. The summed E-state index contributed by atoms with van der Waals surface area (Å²) in [5.41, 5.74) is 11.0. The number of fused-ring (bicyclic) bond motifs is 2. The van der Waals surface area contributed by atoms with Crippen LogP contribution in [-0.2, 0) is 121 Å². The van der Waals surface area contributed by atoms with Gasteiger partial charge in [-0.1, -0.05) is 64.1 Å². The van der Waals surface area contributed by atoms with E-state index < -0.39 is 129 Å². The minimum Gasteiger partial charge on any atom is -0.481 e. The van der Waals surface area contributed by atoms with Gasteiger partial charge in [0.1, 0.15) is 12.9 Å². The molecule has 0 radical (unpaired) electrons. The number of aldehydes is 1. The lowest BCUT2D eigenvalue weighted by Gasteiger charge is -2.29. The molecule has 110 heavy (non-hydrogen) atoms. The fraction of sp³-hybridized carbons (Fsp3) is 0.680. The van der Waals surface area contributed by atoms with Crippen molar-refractivity contribution in [1.29, 1.82) is 0 Å². The number of aryl methyl sites for hydroxylation is 4. The smallest absolute Gasteiger partial charge is 0.407 e. The molecular weight excluding hydrogens is 1480 g/mol. The summed E-state index contributed by atoms with van der Waals surface area (Å²) in [5, 5.41) is 59.7. The molecule has 9 unspecified atom stereocenters. The molecule has 1 aliphatic carbocycles. The number of rotatable bonds is 61. The molecular formula is C75H118N8O25S2. The number of carbonyl (C=O) groups is 12. The summed E-state index contributed by atoms with van der Waals surface area (Å²) in [4.78, 5) is 151. The highest BCUT2D eigenvalue weighted by atomic mass is 32.2. The van der Waals surface area contributed by atoms with Crippen molar-refractivity contribution >= 4 is 93.3 Å². The molecule has 0 heterocycles. The summed E-state index contributed by atoms with van der Waals surface area (Å²) >= 11 is 1.15. The Morgan fingerprint density at radius 2 is 0.836 bits per heavy atom. The number of nitrogens with two attached hydrogens (primary N) is 1. The van der Waals surface area contributed by atoms with Crippen molar-refractivity contribution < 1.29 is 120 Å². The molecule has 35 heteroatoms. The number of alkyl carbamates (subject to hydrolysis) is 1. The van der Waals surface area contributed by atoms with Crippen LogP contribution in [0.2, 0.25) is 0 Å². The molecule has 0 aromatic heterocycles. The van der Waals surface area contributed by atoms with Crippen LogP contribution in [0.15, 0.2) is 36.4 Å². The van der Waals surface area contributed by atoms with Gasteiger partial charge in [0.25, 0.3) is 0 Å². The highest BCUT2D eigenvalue weighted by molar-refractivity contribution is 8.00. The second kappa shape index (κ2) is 54.7. The number of amides is 7. The lowest BCUT2D eigenvalue weighted by atomic mass is 9.76. The first-order chi connectivity index (χ1) is 52.4. The second-order valence-electron chi connectivity index (χ2n) is 27.5. The van der Waals surface area contributed by atoms with Crippen LogP contribution in [0.25, 0.3) is 0 Å². The molecule has 2 aromatic rings. The number of nitrogens with one attached hydrogen (secondary N) is 7. The Morgan fingerprint density at radius 3 is 1.24 bits per heavy atom. The third kappa shape index (κ3) is 41.4. The Bertz CT molecular complexity index is 3310. The van der Waals surface area contributed by atoms with Gasteiger partial charge in [-0.15, -0.1) is 0 Å². The van der Waals surface area contributed by atoms with Gasteiger partial charge in [0.05, 0.1) is 127 Å². The molecule has 0 fully saturated rings. The van der Waals surface area contributed by atoms with Gasteiger partial charge in [-0.05, 0) is 116 Å². The molecule has 1 aliphatic rings. The lowest BCUT2D eigenvalue weighted by Crippen LogP contribution is -2.41. The summed E-state index contributed by atoms with van der Waals surface area (Å²) in [7, 11) is -3.62. The third-order valence-corrected chi connectivity index (χ3v) is 21.4. The molecule has 2 aromatic carbocycles. The summed E-state index contributed by atoms with van der Waals surface area (Å²) in [6.07, 6.45) is 1.84. The van der Waals surface area contributed by atoms with Crippen LogP contribution in [0.3, 0.4) is 0 Å².